The molecule has 2 aromatic rings. The second-order valence-electron chi connectivity index (χ2n) is 5.41. The van der Waals surface area contributed by atoms with E-state index in [4.69, 9.17) is 13.4 Å². The fourth-order valence-electron chi connectivity index (χ4n) is 2.76. The maximum atomic E-state index is 12.2. The van der Waals surface area contributed by atoms with E-state index in [1.54, 1.807) is 19.3 Å². The Morgan fingerprint density at radius 1 is 1.74 bits per heavy atom. The molecule has 3 rings (SSSR count). The van der Waals surface area contributed by atoms with Crippen molar-refractivity contribution in [1.29, 1.82) is 0 Å². The van der Waals surface area contributed by atoms with Crippen LogP contribution in [0.1, 0.15) is 20.1 Å². The number of likely N-dealkylation sites (N-methyl/N-ethyl adjacent to an activating group) is 1. The summed E-state index contributed by atoms with van der Waals surface area (Å²) in [5, 5.41) is 0.555. The number of hydrogen-bond donors (Lipinski definition) is 1. The Morgan fingerprint density at radius 3 is 3.39 bits per heavy atom. The summed E-state index contributed by atoms with van der Waals surface area (Å²) >= 11 is 0. The zero-order chi connectivity index (χ0) is 20.7. The topological polar surface area (TPSA) is 69.5 Å². The lowest BCUT2D eigenvalue weighted by Gasteiger charge is -2.41. The third-order valence-corrected chi connectivity index (χ3v) is 4.04. The van der Waals surface area contributed by atoms with Crippen molar-refractivity contribution in [2.75, 3.05) is 31.6 Å². The molecule has 3 heterocycles. The molecule has 0 radical (unpaired) electrons. The van der Waals surface area contributed by atoms with Gasteiger partial charge in [-0.3, -0.25) is 4.79 Å². The van der Waals surface area contributed by atoms with Crippen molar-refractivity contribution in [1.82, 2.24) is 19.9 Å². The van der Waals surface area contributed by atoms with Crippen LogP contribution in [0.2, 0.25) is 0 Å². The first-order valence-electron chi connectivity index (χ1n) is 9.74. The fourth-order valence-corrected chi connectivity index (χ4v) is 2.76. The molecule has 1 saturated heterocycles. The minimum Gasteiger partial charge on any atom is -0.354 e. The summed E-state index contributed by atoms with van der Waals surface area (Å²) in [5.41, 5.74) is 0.410. The van der Waals surface area contributed by atoms with E-state index in [0.29, 0.717) is 11.0 Å². The third-order valence-electron chi connectivity index (χ3n) is 4.04. The smallest absolute Gasteiger partial charge is 0.302 e. The molecular formula is C16H20N6O. The Bertz CT molecular complexity index is 938. The van der Waals surface area contributed by atoms with Gasteiger partial charge < -0.3 is 19.6 Å². The summed E-state index contributed by atoms with van der Waals surface area (Å²) in [5.74, 6) is -1.22. The van der Waals surface area contributed by atoms with E-state index in [2.05, 4.69) is 19.8 Å². The molecule has 0 bridgehead atoms. The lowest BCUT2D eigenvalue weighted by Crippen LogP contribution is -2.53. The Balaban J connectivity index is 2.07. The van der Waals surface area contributed by atoms with Crippen LogP contribution >= 0.6 is 0 Å². The first kappa shape index (κ1) is 10.2. The molecule has 0 aromatic carbocycles. The van der Waals surface area contributed by atoms with Crippen molar-refractivity contribution >= 4 is 22.8 Å². The van der Waals surface area contributed by atoms with E-state index in [1.165, 1.54) is 9.80 Å². The number of fused-ring (bicyclic) bond motifs is 1. The van der Waals surface area contributed by atoms with Gasteiger partial charge in [0.05, 0.1) is 12.8 Å². The van der Waals surface area contributed by atoms with Crippen molar-refractivity contribution < 1.29 is 11.6 Å². The molecule has 0 saturated carbocycles. The molecule has 120 valence electrons. The fraction of sp³-hybridized carbons (Fsp3) is 0.500. The average molecular weight is 317 g/mol. The van der Waals surface area contributed by atoms with Crippen LogP contribution in [0, 0.1) is 12.5 Å². The zero-order valence-electron chi connectivity index (χ0n) is 17.7. The summed E-state index contributed by atoms with van der Waals surface area (Å²) in [6, 6.07) is -0.0226. The van der Waals surface area contributed by atoms with E-state index in [9.17, 15) is 4.79 Å². The van der Waals surface area contributed by atoms with Gasteiger partial charge in [-0.1, -0.05) is 6.85 Å². The van der Waals surface area contributed by atoms with Crippen molar-refractivity contribution in [2.24, 2.45) is 5.92 Å². The number of rotatable bonds is 3. The number of nitrogens with zero attached hydrogens (tertiary/aromatic N) is 5. The van der Waals surface area contributed by atoms with E-state index in [0.717, 1.165) is 0 Å². The molecule has 0 aliphatic carbocycles. The molecule has 1 aliphatic rings. The SMILES string of the molecule is [2H]c1nc(N(C)[C@@]2([2H])CN(C(=O)C[N+]#[C-])CC[C@H]2C([2H])([2H])[2H])c2cc[nH]c2n1. The van der Waals surface area contributed by atoms with Crippen LogP contribution in [-0.2, 0) is 4.79 Å². The molecule has 23 heavy (non-hydrogen) atoms. The standard InChI is InChI=1S/C16H20N6O/c1-11-5-7-22(14(23)8-17-2)9-13(11)21(3)16-12-4-6-18-15(12)19-10-20-16/h4,6,10-11,13H,5,7-9H2,1,3H3,(H,18,19,20)/t11-,13+/m1/s1/i1D3,10D,13D. The summed E-state index contributed by atoms with van der Waals surface area (Å²) in [7, 11) is 1.54. The highest BCUT2D eigenvalue weighted by Gasteiger charge is 2.33. The number of likely N-dealkylation sites (tertiary alicyclic amines) is 1. The van der Waals surface area contributed by atoms with E-state index < -0.39 is 24.7 Å². The maximum absolute atomic E-state index is 12.2. The van der Waals surface area contributed by atoms with Gasteiger partial charge in [-0.15, -0.1) is 0 Å². The number of anilines is 1. The van der Waals surface area contributed by atoms with Crippen LogP contribution in [0.15, 0.2) is 18.6 Å². The number of H-pyrrole nitrogens is 1. The van der Waals surface area contributed by atoms with Gasteiger partial charge in [0.1, 0.15) is 19.1 Å². The Hall–Kier alpha value is -2.62. The van der Waals surface area contributed by atoms with E-state index in [1.807, 2.05) is 0 Å². The molecular weight excluding hydrogens is 292 g/mol. The van der Waals surface area contributed by atoms with Gasteiger partial charge in [0.15, 0.2) is 0 Å². The van der Waals surface area contributed by atoms with Crippen molar-refractivity contribution in [2.45, 2.75) is 19.3 Å². The Labute approximate surface area is 142 Å². The molecule has 2 aromatic heterocycles. The highest BCUT2D eigenvalue weighted by molar-refractivity contribution is 5.87. The lowest BCUT2D eigenvalue weighted by molar-refractivity contribution is -0.130. The largest absolute Gasteiger partial charge is 0.354 e. The Morgan fingerprint density at radius 2 is 2.61 bits per heavy atom. The number of hydrogen-bond acceptors (Lipinski definition) is 4. The van der Waals surface area contributed by atoms with Crippen LogP contribution in [0.3, 0.4) is 0 Å². The maximum Gasteiger partial charge on any atom is 0.302 e. The van der Waals surface area contributed by atoms with Crippen molar-refractivity contribution in [3.05, 3.63) is 30.0 Å². The van der Waals surface area contributed by atoms with Crippen LogP contribution in [-0.4, -0.2) is 58.5 Å². The van der Waals surface area contributed by atoms with Gasteiger partial charge in [0, 0.05) is 30.4 Å². The number of aromatic nitrogens is 3. The quantitative estimate of drug-likeness (QED) is 0.872. The van der Waals surface area contributed by atoms with Gasteiger partial charge in [-0.05, 0) is 18.4 Å². The molecule has 1 fully saturated rings. The van der Waals surface area contributed by atoms with Crippen LogP contribution < -0.4 is 4.90 Å². The minimum absolute atomic E-state index is 0.100. The summed E-state index contributed by atoms with van der Waals surface area (Å²) in [4.78, 5) is 29.1. The van der Waals surface area contributed by atoms with Gasteiger partial charge >= 0.3 is 5.91 Å². The van der Waals surface area contributed by atoms with Crippen molar-refractivity contribution in [3.8, 4) is 0 Å². The van der Waals surface area contributed by atoms with Crippen LogP contribution in [0.25, 0.3) is 15.9 Å². The molecule has 1 aliphatic heterocycles. The average Bonchev–Trinajstić information content (AvgIpc) is 3.07. The summed E-state index contributed by atoms with van der Waals surface area (Å²) < 4.78 is 40.7. The van der Waals surface area contributed by atoms with Crippen molar-refractivity contribution in [3.63, 3.8) is 0 Å². The number of carbonyl (C=O) groups is 1. The van der Waals surface area contributed by atoms with Gasteiger partial charge in [0.25, 0.3) is 6.54 Å². The molecule has 1 N–H and O–H groups in total. The number of aromatic amines is 1. The van der Waals surface area contributed by atoms with E-state index >= 15 is 0 Å². The normalized spacial score (nSPS) is 28.1. The highest BCUT2D eigenvalue weighted by Crippen LogP contribution is 2.28. The second-order valence-corrected chi connectivity index (χ2v) is 5.41. The molecule has 1 amide bonds. The zero-order valence-corrected chi connectivity index (χ0v) is 12.7. The monoisotopic (exact) mass is 317 g/mol. The van der Waals surface area contributed by atoms with Crippen LogP contribution in [0.5, 0.6) is 0 Å². The van der Waals surface area contributed by atoms with Gasteiger partial charge in [-0.25, -0.2) is 16.5 Å². The lowest BCUT2D eigenvalue weighted by atomic mass is 9.92. The number of piperidine rings is 1. The molecule has 7 nitrogen and oxygen atoms in total. The second kappa shape index (κ2) is 6.24. The third kappa shape index (κ3) is 2.84. The van der Waals surface area contributed by atoms with Gasteiger partial charge in [-0.2, -0.15) is 0 Å². The molecule has 2 atom stereocenters. The first-order chi connectivity index (χ1) is 13.1. The first-order valence-corrected chi connectivity index (χ1v) is 7.24. The molecule has 0 spiro atoms. The highest BCUT2D eigenvalue weighted by atomic mass is 16.2. The molecule has 7 heteroatoms. The minimum atomic E-state index is -2.42. The predicted molar refractivity (Wildman–Crippen MR) is 87.9 cm³/mol. The Kier molecular flexibility index (Phi) is 2.77. The summed E-state index contributed by atoms with van der Waals surface area (Å²) in [6.45, 7) is 4.14. The molecule has 0 unspecified atom stereocenters. The van der Waals surface area contributed by atoms with Crippen LogP contribution in [0.4, 0.5) is 5.82 Å². The van der Waals surface area contributed by atoms with Gasteiger partial charge in [0.2, 0.25) is 0 Å². The summed E-state index contributed by atoms with van der Waals surface area (Å²) in [6.07, 6.45) is 1.46. The predicted octanol–water partition coefficient (Wildman–Crippen LogP) is 1.55. The van der Waals surface area contributed by atoms with E-state index in [-0.39, 0.29) is 38.2 Å². The number of amides is 1. The number of carbonyl (C=O) groups excluding carboxylic acids is 1. The number of nitrogens with one attached hydrogen (secondary N) is 1.